The molecule has 0 spiro atoms. The molecule has 0 atom stereocenters. The maximum absolute atomic E-state index is 13.9. The Kier molecular flexibility index (Phi) is 4.37. The number of aryl methyl sites for hydroxylation is 1. The van der Waals surface area contributed by atoms with Crippen LogP contribution in [0, 0.1) is 19.7 Å². The number of benzene rings is 1. The number of nitrogens with two attached hydrogens (primary N) is 1. The third-order valence-corrected chi connectivity index (χ3v) is 3.64. The van der Waals surface area contributed by atoms with Gasteiger partial charge in [0.15, 0.2) is 0 Å². The smallest absolute Gasteiger partial charge is 0.265 e. The number of nitrogens with one attached hydrogen (secondary N) is 1. The third-order valence-electron chi connectivity index (χ3n) is 3.64. The number of nitrogen functional groups attached to an aromatic ring is 1. The van der Waals surface area contributed by atoms with E-state index in [9.17, 15) is 9.18 Å². The number of halogens is 1. The fourth-order valence-electron chi connectivity index (χ4n) is 2.48. The Bertz CT molecular complexity index is 679. The Labute approximate surface area is 122 Å². The molecule has 0 radical (unpaired) electrons. The first kappa shape index (κ1) is 15.2. The van der Waals surface area contributed by atoms with E-state index in [0.29, 0.717) is 11.1 Å². The maximum atomic E-state index is 13.9. The Hall–Kier alpha value is -2.21. The zero-order chi connectivity index (χ0) is 15.6. The van der Waals surface area contributed by atoms with Crippen molar-refractivity contribution in [2.75, 3.05) is 0 Å². The van der Waals surface area contributed by atoms with Crippen molar-refractivity contribution in [1.82, 2.24) is 15.2 Å². The number of carbonyl (C=O) groups excluding carboxylic acids is 1. The molecule has 0 fully saturated rings. The van der Waals surface area contributed by atoms with Gasteiger partial charge in [0.05, 0.1) is 12.2 Å². The van der Waals surface area contributed by atoms with Crippen molar-refractivity contribution in [3.05, 3.63) is 52.1 Å². The van der Waals surface area contributed by atoms with Gasteiger partial charge >= 0.3 is 0 Å². The highest BCUT2D eigenvalue weighted by molar-refractivity contribution is 5.93. The summed E-state index contributed by atoms with van der Waals surface area (Å²) in [6.07, 6.45) is 0.885. The summed E-state index contributed by atoms with van der Waals surface area (Å²) in [6.45, 7) is 6.25. The van der Waals surface area contributed by atoms with Crippen LogP contribution in [-0.2, 0) is 13.0 Å². The van der Waals surface area contributed by atoms with E-state index in [2.05, 4.69) is 12.0 Å². The molecule has 0 saturated carbocycles. The van der Waals surface area contributed by atoms with E-state index in [0.717, 1.165) is 17.8 Å². The summed E-state index contributed by atoms with van der Waals surface area (Å²) in [5.41, 5.74) is 5.91. The molecule has 0 unspecified atom stereocenters. The van der Waals surface area contributed by atoms with E-state index < -0.39 is 5.91 Å². The minimum absolute atomic E-state index is 0.282. The third kappa shape index (κ3) is 2.95. The lowest BCUT2D eigenvalue weighted by Crippen LogP contribution is -2.30. The van der Waals surface area contributed by atoms with Crippen molar-refractivity contribution in [3.8, 4) is 0 Å². The molecule has 1 heterocycles. The fraction of sp³-hybridized carbons (Fsp3) is 0.333. The first-order chi connectivity index (χ1) is 9.97. The molecule has 112 valence electrons. The molecule has 1 aromatic carbocycles. The van der Waals surface area contributed by atoms with Crippen LogP contribution in [0.3, 0.4) is 0 Å². The molecule has 0 saturated heterocycles. The Morgan fingerprint density at radius 1 is 1.43 bits per heavy atom. The second-order valence-corrected chi connectivity index (χ2v) is 4.94. The second kappa shape index (κ2) is 6.05. The number of hydrazine groups is 1. The number of amides is 1. The van der Waals surface area contributed by atoms with Crippen LogP contribution in [-0.4, -0.2) is 15.7 Å². The van der Waals surface area contributed by atoms with Crippen molar-refractivity contribution >= 4 is 5.91 Å². The monoisotopic (exact) mass is 290 g/mol. The lowest BCUT2D eigenvalue weighted by Gasteiger charge is -2.08. The minimum Gasteiger partial charge on any atom is -0.290 e. The molecule has 0 aliphatic carbocycles. The molecule has 21 heavy (non-hydrogen) atoms. The van der Waals surface area contributed by atoms with E-state index in [4.69, 9.17) is 5.84 Å². The van der Waals surface area contributed by atoms with Gasteiger partial charge in [-0.25, -0.2) is 10.2 Å². The van der Waals surface area contributed by atoms with Gasteiger partial charge in [-0.2, -0.15) is 5.10 Å². The van der Waals surface area contributed by atoms with Crippen LogP contribution >= 0.6 is 0 Å². The highest BCUT2D eigenvalue weighted by Gasteiger charge is 2.13. The molecule has 6 heteroatoms. The highest BCUT2D eigenvalue weighted by Crippen LogP contribution is 2.17. The number of carbonyl (C=O) groups is 1. The van der Waals surface area contributed by atoms with Gasteiger partial charge in [-0.15, -0.1) is 0 Å². The highest BCUT2D eigenvalue weighted by atomic mass is 19.1. The molecule has 0 aliphatic rings. The topological polar surface area (TPSA) is 72.9 Å². The lowest BCUT2D eigenvalue weighted by molar-refractivity contribution is 0.0953. The van der Waals surface area contributed by atoms with Gasteiger partial charge < -0.3 is 0 Å². The van der Waals surface area contributed by atoms with Gasteiger partial charge in [0.25, 0.3) is 5.91 Å². The van der Waals surface area contributed by atoms with Crippen LogP contribution < -0.4 is 11.3 Å². The predicted molar refractivity (Wildman–Crippen MR) is 78.2 cm³/mol. The van der Waals surface area contributed by atoms with Crippen LogP contribution in [0.5, 0.6) is 0 Å². The van der Waals surface area contributed by atoms with Gasteiger partial charge in [-0.3, -0.25) is 14.9 Å². The first-order valence-corrected chi connectivity index (χ1v) is 6.80. The van der Waals surface area contributed by atoms with Crippen LogP contribution in [0.25, 0.3) is 0 Å². The first-order valence-electron chi connectivity index (χ1n) is 6.80. The summed E-state index contributed by atoms with van der Waals surface area (Å²) in [5.74, 6) is 4.29. The largest absolute Gasteiger partial charge is 0.290 e. The number of hydrogen-bond donors (Lipinski definition) is 2. The van der Waals surface area contributed by atoms with Gasteiger partial charge in [0.2, 0.25) is 0 Å². The van der Waals surface area contributed by atoms with E-state index in [1.54, 1.807) is 4.68 Å². The molecule has 1 aromatic heterocycles. The van der Waals surface area contributed by atoms with Gasteiger partial charge in [-0.1, -0.05) is 6.92 Å². The fourth-order valence-corrected chi connectivity index (χ4v) is 2.48. The molecule has 1 amide bonds. The zero-order valence-electron chi connectivity index (χ0n) is 12.4. The molecular formula is C15H19FN4O. The Morgan fingerprint density at radius 3 is 2.71 bits per heavy atom. The van der Waals surface area contributed by atoms with E-state index in [1.165, 1.54) is 23.8 Å². The average Bonchev–Trinajstić information content (AvgIpc) is 2.74. The quantitative estimate of drug-likeness (QED) is 0.513. The summed E-state index contributed by atoms with van der Waals surface area (Å²) in [7, 11) is 0. The normalized spacial score (nSPS) is 10.7. The molecule has 5 nitrogen and oxygen atoms in total. The van der Waals surface area contributed by atoms with E-state index in [1.807, 2.05) is 19.3 Å². The molecule has 3 N–H and O–H groups in total. The summed E-state index contributed by atoms with van der Waals surface area (Å²) >= 11 is 0. The molecule has 2 aromatic rings. The van der Waals surface area contributed by atoms with Crippen LogP contribution in [0.2, 0.25) is 0 Å². The summed E-state index contributed by atoms with van der Waals surface area (Å²) in [5, 5.41) is 4.44. The molecule has 0 bridgehead atoms. The van der Waals surface area contributed by atoms with Crippen molar-refractivity contribution in [2.45, 2.75) is 33.7 Å². The number of hydrogen-bond acceptors (Lipinski definition) is 3. The van der Waals surface area contributed by atoms with Crippen molar-refractivity contribution in [1.29, 1.82) is 0 Å². The van der Waals surface area contributed by atoms with Crippen LogP contribution in [0.4, 0.5) is 4.39 Å². The van der Waals surface area contributed by atoms with Gasteiger partial charge in [0, 0.05) is 16.8 Å². The molecule has 2 rings (SSSR count). The SMILES string of the molecule is CCc1c(C)nn(Cc2cc(C(=O)NN)ccc2F)c1C. The van der Waals surface area contributed by atoms with E-state index in [-0.39, 0.29) is 12.4 Å². The van der Waals surface area contributed by atoms with Gasteiger partial charge in [-0.05, 0) is 44.0 Å². The second-order valence-electron chi connectivity index (χ2n) is 4.94. The summed E-state index contributed by atoms with van der Waals surface area (Å²) in [4.78, 5) is 11.5. The minimum atomic E-state index is -0.445. The van der Waals surface area contributed by atoms with Crippen molar-refractivity contribution in [2.24, 2.45) is 5.84 Å². The standard InChI is InChI=1S/C15H19FN4O/c1-4-13-9(2)19-20(10(13)3)8-12-7-11(15(21)18-17)5-6-14(12)16/h5-7H,4,8,17H2,1-3H3,(H,18,21). The van der Waals surface area contributed by atoms with E-state index >= 15 is 0 Å². The Balaban J connectivity index is 2.37. The predicted octanol–water partition coefficient (Wildman–Crippen LogP) is 1.85. The Morgan fingerprint density at radius 2 is 2.14 bits per heavy atom. The average molecular weight is 290 g/mol. The number of nitrogens with zero attached hydrogens (tertiary/aromatic N) is 2. The number of aromatic nitrogens is 2. The van der Waals surface area contributed by atoms with Crippen molar-refractivity contribution < 1.29 is 9.18 Å². The summed E-state index contributed by atoms with van der Waals surface area (Å²) < 4.78 is 15.7. The van der Waals surface area contributed by atoms with Crippen molar-refractivity contribution in [3.63, 3.8) is 0 Å². The van der Waals surface area contributed by atoms with Gasteiger partial charge in [0.1, 0.15) is 5.82 Å². The van der Waals surface area contributed by atoms with Crippen LogP contribution in [0.1, 0.15) is 39.8 Å². The zero-order valence-corrected chi connectivity index (χ0v) is 12.4. The molecular weight excluding hydrogens is 271 g/mol. The summed E-state index contributed by atoms with van der Waals surface area (Å²) in [6, 6.07) is 4.17. The lowest BCUT2D eigenvalue weighted by atomic mass is 10.1. The van der Waals surface area contributed by atoms with Crippen LogP contribution in [0.15, 0.2) is 18.2 Å². The number of rotatable bonds is 4. The maximum Gasteiger partial charge on any atom is 0.265 e. The molecule has 0 aliphatic heterocycles.